The standard InChI is InChI=1S/C4H11NO2S/c1-5-3-4-8(2,6)7/h5H,3-4H2,1-2H3. The van der Waals surface area contributed by atoms with Crippen LogP contribution in [0.4, 0.5) is 0 Å². The summed E-state index contributed by atoms with van der Waals surface area (Å²) < 4.78 is 20.7. The van der Waals surface area contributed by atoms with Crippen LogP contribution in [0.25, 0.3) is 0 Å². The Hall–Kier alpha value is -0.0900. The van der Waals surface area contributed by atoms with Gasteiger partial charge in [-0.2, -0.15) is 0 Å². The van der Waals surface area contributed by atoms with Crippen molar-refractivity contribution in [2.75, 3.05) is 25.6 Å². The van der Waals surface area contributed by atoms with E-state index in [4.69, 9.17) is 0 Å². The molecule has 0 amide bonds. The lowest BCUT2D eigenvalue weighted by atomic mass is 10.8. The number of nitrogens with one attached hydrogen (secondary N) is 1. The monoisotopic (exact) mass is 137 g/mol. The fourth-order valence-electron chi connectivity index (χ4n) is 0.287. The predicted octanol–water partition coefficient (Wildman–Crippen LogP) is -0.750. The van der Waals surface area contributed by atoms with Gasteiger partial charge in [0.15, 0.2) is 0 Å². The van der Waals surface area contributed by atoms with Crippen molar-refractivity contribution in [3.8, 4) is 0 Å². The lowest BCUT2D eigenvalue weighted by Crippen LogP contribution is -2.17. The Morgan fingerprint density at radius 1 is 1.50 bits per heavy atom. The van der Waals surface area contributed by atoms with Crippen LogP contribution < -0.4 is 5.32 Å². The van der Waals surface area contributed by atoms with Crippen molar-refractivity contribution in [3.05, 3.63) is 0 Å². The molecule has 50 valence electrons. The molecule has 0 bridgehead atoms. The molecule has 1 N–H and O–H groups in total. The highest BCUT2D eigenvalue weighted by molar-refractivity contribution is 7.90. The fraction of sp³-hybridized carbons (Fsp3) is 1.00. The third kappa shape index (κ3) is 5.91. The highest BCUT2D eigenvalue weighted by atomic mass is 32.2. The fourth-order valence-corrected chi connectivity index (χ4v) is 0.862. The molecule has 0 saturated heterocycles. The molecular weight excluding hydrogens is 126 g/mol. The van der Waals surface area contributed by atoms with E-state index in [0.29, 0.717) is 6.54 Å². The van der Waals surface area contributed by atoms with Crippen LogP contribution in [0.15, 0.2) is 0 Å². The molecule has 0 atom stereocenters. The summed E-state index contributed by atoms with van der Waals surface area (Å²) in [5.74, 6) is 0.226. The first-order valence-electron chi connectivity index (χ1n) is 2.38. The first kappa shape index (κ1) is 7.91. The van der Waals surface area contributed by atoms with Crippen LogP contribution >= 0.6 is 0 Å². The van der Waals surface area contributed by atoms with Gasteiger partial charge in [0, 0.05) is 12.8 Å². The van der Waals surface area contributed by atoms with Gasteiger partial charge in [-0.15, -0.1) is 0 Å². The molecule has 4 heteroatoms. The van der Waals surface area contributed by atoms with E-state index in [9.17, 15) is 8.42 Å². The minimum atomic E-state index is -2.75. The van der Waals surface area contributed by atoms with E-state index in [1.54, 1.807) is 7.05 Å². The summed E-state index contributed by atoms with van der Waals surface area (Å²) in [5.41, 5.74) is 0. The van der Waals surface area contributed by atoms with Crippen LogP contribution in [-0.2, 0) is 9.84 Å². The Bertz CT molecular complexity index is 138. The maximum atomic E-state index is 10.4. The van der Waals surface area contributed by atoms with Crippen LogP contribution in [0.3, 0.4) is 0 Å². The van der Waals surface area contributed by atoms with Crippen molar-refractivity contribution in [2.45, 2.75) is 0 Å². The summed E-state index contributed by atoms with van der Waals surface area (Å²) in [6.07, 6.45) is 1.23. The normalized spacial score (nSPS) is 11.8. The van der Waals surface area contributed by atoms with E-state index in [2.05, 4.69) is 5.32 Å². The van der Waals surface area contributed by atoms with Crippen molar-refractivity contribution >= 4 is 9.84 Å². The van der Waals surface area contributed by atoms with Crippen LogP contribution in [0.5, 0.6) is 0 Å². The second-order valence-corrected chi connectivity index (χ2v) is 3.99. The number of hydrogen-bond acceptors (Lipinski definition) is 3. The second-order valence-electron chi connectivity index (χ2n) is 1.73. The highest BCUT2D eigenvalue weighted by Crippen LogP contribution is 1.77. The molecule has 0 aliphatic heterocycles. The molecule has 0 fully saturated rings. The molecule has 0 unspecified atom stereocenters. The molecule has 0 aliphatic rings. The summed E-state index contributed by atoms with van der Waals surface area (Å²) in [4.78, 5) is 0. The van der Waals surface area contributed by atoms with Crippen LogP contribution in [0, 0.1) is 0 Å². The molecule has 0 radical (unpaired) electrons. The lowest BCUT2D eigenvalue weighted by Gasteiger charge is -1.93. The Morgan fingerprint density at radius 3 is 2.12 bits per heavy atom. The SMILES string of the molecule is CNCCS(C)(=O)=O. The Balaban J connectivity index is 3.42. The molecule has 0 aromatic carbocycles. The van der Waals surface area contributed by atoms with Gasteiger partial charge in [0.2, 0.25) is 0 Å². The molecule has 0 saturated carbocycles. The van der Waals surface area contributed by atoms with Crippen molar-refractivity contribution in [1.82, 2.24) is 5.32 Å². The molecule has 0 rings (SSSR count). The third-order valence-corrected chi connectivity index (χ3v) is 1.67. The minimum absolute atomic E-state index is 0.226. The Labute approximate surface area is 50.0 Å². The van der Waals surface area contributed by atoms with Gasteiger partial charge in [-0.25, -0.2) is 8.42 Å². The number of rotatable bonds is 3. The van der Waals surface area contributed by atoms with Crippen molar-refractivity contribution in [1.29, 1.82) is 0 Å². The smallest absolute Gasteiger partial charge is 0.148 e. The van der Waals surface area contributed by atoms with Gasteiger partial charge in [-0.1, -0.05) is 0 Å². The van der Waals surface area contributed by atoms with Gasteiger partial charge >= 0.3 is 0 Å². The molecule has 0 aromatic heterocycles. The zero-order chi connectivity index (χ0) is 6.62. The Morgan fingerprint density at radius 2 is 2.00 bits per heavy atom. The van der Waals surface area contributed by atoms with Crippen molar-refractivity contribution in [2.24, 2.45) is 0 Å². The van der Waals surface area contributed by atoms with Crippen LogP contribution in [0.2, 0.25) is 0 Å². The summed E-state index contributed by atoms with van der Waals surface area (Å²) in [6.45, 7) is 0.541. The van der Waals surface area contributed by atoms with Gasteiger partial charge in [0.05, 0.1) is 5.75 Å². The zero-order valence-electron chi connectivity index (χ0n) is 5.14. The van der Waals surface area contributed by atoms with E-state index in [1.807, 2.05) is 0 Å². The van der Waals surface area contributed by atoms with Crippen molar-refractivity contribution in [3.63, 3.8) is 0 Å². The molecule has 3 nitrogen and oxygen atoms in total. The van der Waals surface area contributed by atoms with Gasteiger partial charge in [0.1, 0.15) is 9.84 Å². The largest absolute Gasteiger partial charge is 0.319 e. The van der Waals surface area contributed by atoms with Gasteiger partial charge in [-0.3, -0.25) is 0 Å². The summed E-state index contributed by atoms with van der Waals surface area (Å²) >= 11 is 0. The highest BCUT2D eigenvalue weighted by Gasteiger charge is 1.97. The molecule has 0 spiro atoms. The summed E-state index contributed by atoms with van der Waals surface area (Å²) in [7, 11) is -1.02. The van der Waals surface area contributed by atoms with Gasteiger partial charge in [0.25, 0.3) is 0 Å². The topological polar surface area (TPSA) is 46.2 Å². The minimum Gasteiger partial charge on any atom is -0.319 e. The van der Waals surface area contributed by atoms with Crippen LogP contribution in [0.1, 0.15) is 0 Å². The molecule has 8 heavy (non-hydrogen) atoms. The molecule has 0 aromatic rings. The van der Waals surface area contributed by atoms with E-state index >= 15 is 0 Å². The first-order valence-corrected chi connectivity index (χ1v) is 4.44. The quantitative estimate of drug-likeness (QED) is 0.556. The van der Waals surface area contributed by atoms with E-state index in [0.717, 1.165) is 0 Å². The molecule has 0 aliphatic carbocycles. The predicted molar refractivity (Wildman–Crippen MR) is 33.6 cm³/mol. The summed E-state index contributed by atoms with van der Waals surface area (Å²) in [6, 6.07) is 0. The zero-order valence-corrected chi connectivity index (χ0v) is 5.96. The number of hydrogen-bond donors (Lipinski definition) is 1. The molecule has 0 heterocycles. The molecular formula is C4H11NO2S. The van der Waals surface area contributed by atoms with E-state index in [-0.39, 0.29) is 5.75 Å². The summed E-state index contributed by atoms with van der Waals surface area (Å²) in [5, 5.41) is 2.75. The van der Waals surface area contributed by atoms with Gasteiger partial charge in [-0.05, 0) is 7.05 Å². The second kappa shape index (κ2) is 3.04. The maximum absolute atomic E-state index is 10.4. The van der Waals surface area contributed by atoms with Crippen molar-refractivity contribution < 1.29 is 8.42 Å². The third-order valence-electron chi connectivity index (χ3n) is 0.723. The average Bonchev–Trinajstić information content (AvgIpc) is 1.59. The lowest BCUT2D eigenvalue weighted by molar-refractivity contribution is 0.599. The van der Waals surface area contributed by atoms with Gasteiger partial charge < -0.3 is 5.32 Å². The Kier molecular flexibility index (Phi) is 3.01. The van der Waals surface area contributed by atoms with E-state index < -0.39 is 9.84 Å². The number of sulfone groups is 1. The average molecular weight is 137 g/mol. The van der Waals surface area contributed by atoms with E-state index in [1.165, 1.54) is 6.26 Å². The van der Waals surface area contributed by atoms with Crippen LogP contribution in [-0.4, -0.2) is 34.0 Å². The maximum Gasteiger partial charge on any atom is 0.148 e. The first-order chi connectivity index (χ1) is 3.56.